The van der Waals surface area contributed by atoms with Crippen LogP contribution in [0, 0.1) is 11.2 Å². The molecule has 46 heavy (non-hydrogen) atoms. The molecule has 0 amide bonds. The van der Waals surface area contributed by atoms with E-state index in [1.807, 2.05) is 36.4 Å². The number of pyridine rings is 1. The van der Waals surface area contributed by atoms with E-state index in [2.05, 4.69) is 46.1 Å². The lowest BCUT2D eigenvalue weighted by Gasteiger charge is -2.32. The van der Waals surface area contributed by atoms with Gasteiger partial charge in [-0.3, -0.25) is 19.5 Å². The van der Waals surface area contributed by atoms with E-state index in [0.29, 0.717) is 24.2 Å². The molecule has 7 rings (SSSR count). The summed E-state index contributed by atoms with van der Waals surface area (Å²) in [6, 6.07) is 26.5. The second-order valence-electron chi connectivity index (χ2n) is 12.5. The molecule has 0 N–H and O–H groups in total. The van der Waals surface area contributed by atoms with Crippen molar-refractivity contribution in [3.63, 3.8) is 0 Å². The molecular formula is C38H36FN3O3S. The quantitative estimate of drug-likeness (QED) is 0.142. The van der Waals surface area contributed by atoms with Crippen LogP contribution in [0.15, 0.2) is 91.1 Å². The number of fused-ring (bicyclic) bond motifs is 1. The maximum Gasteiger partial charge on any atom is 0.166 e. The van der Waals surface area contributed by atoms with E-state index in [1.165, 1.54) is 11.6 Å². The molecule has 0 spiro atoms. The van der Waals surface area contributed by atoms with Crippen LogP contribution >= 0.6 is 11.3 Å². The summed E-state index contributed by atoms with van der Waals surface area (Å²) in [6.45, 7) is 5.32. The van der Waals surface area contributed by atoms with Crippen LogP contribution in [0.4, 0.5) is 4.39 Å². The lowest BCUT2D eigenvalue weighted by molar-refractivity contribution is -0.133. The van der Waals surface area contributed by atoms with Gasteiger partial charge in [0.2, 0.25) is 0 Å². The van der Waals surface area contributed by atoms with Crippen molar-refractivity contribution in [1.82, 2.24) is 14.8 Å². The van der Waals surface area contributed by atoms with Crippen molar-refractivity contribution in [2.75, 3.05) is 33.2 Å². The molecule has 2 fully saturated rings. The minimum atomic E-state index is -0.939. The molecule has 0 radical (unpaired) electrons. The number of hydrogen-bond acceptors (Lipinski definition) is 7. The number of carbonyl (C=O) groups is 2. The van der Waals surface area contributed by atoms with Crippen LogP contribution in [-0.4, -0.2) is 59.6 Å². The predicted octanol–water partition coefficient (Wildman–Crippen LogP) is 7.35. The molecule has 1 saturated heterocycles. The molecule has 0 bridgehead atoms. The third kappa shape index (κ3) is 6.51. The van der Waals surface area contributed by atoms with Crippen molar-refractivity contribution < 1.29 is 18.7 Å². The Kier molecular flexibility index (Phi) is 8.51. The fraction of sp³-hybridized carbons (Fsp3) is 0.289. The largest absolute Gasteiger partial charge is 0.453 e. The summed E-state index contributed by atoms with van der Waals surface area (Å²) in [7, 11) is 2.17. The van der Waals surface area contributed by atoms with E-state index in [-0.39, 0.29) is 30.2 Å². The molecular weight excluding hydrogens is 598 g/mol. The van der Waals surface area contributed by atoms with Gasteiger partial charge >= 0.3 is 0 Å². The van der Waals surface area contributed by atoms with Gasteiger partial charge in [-0.25, -0.2) is 4.39 Å². The molecule has 0 atom stereocenters. The topological polar surface area (TPSA) is 62.7 Å². The average molecular weight is 634 g/mol. The number of hydrogen-bond donors (Lipinski definition) is 0. The Morgan fingerprint density at radius 2 is 1.52 bits per heavy atom. The first-order chi connectivity index (χ1) is 22.4. The third-order valence-electron chi connectivity index (χ3n) is 9.22. The van der Waals surface area contributed by atoms with Gasteiger partial charge in [0.25, 0.3) is 0 Å². The van der Waals surface area contributed by atoms with Crippen molar-refractivity contribution in [1.29, 1.82) is 0 Å². The Balaban J connectivity index is 1.02. The Bertz CT molecular complexity index is 1880. The number of piperazine rings is 1. The first-order valence-electron chi connectivity index (χ1n) is 15.8. The van der Waals surface area contributed by atoms with Crippen LogP contribution in [0.1, 0.15) is 29.5 Å². The molecule has 3 aromatic carbocycles. The number of rotatable bonds is 11. The zero-order chi connectivity index (χ0) is 31.7. The predicted molar refractivity (Wildman–Crippen MR) is 180 cm³/mol. The number of thiophene rings is 1. The molecule has 234 valence electrons. The summed E-state index contributed by atoms with van der Waals surface area (Å²) in [6.07, 6.45) is 3.03. The highest BCUT2D eigenvalue weighted by atomic mass is 32.1. The summed E-state index contributed by atoms with van der Waals surface area (Å²) in [5.74, 6) is -0.144. The molecule has 1 saturated carbocycles. The van der Waals surface area contributed by atoms with Crippen molar-refractivity contribution in [3.05, 3.63) is 114 Å². The highest BCUT2D eigenvalue weighted by molar-refractivity contribution is 7.22. The van der Waals surface area contributed by atoms with Crippen molar-refractivity contribution >= 4 is 33.1 Å². The van der Waals surface area contributed by atoms with E-state index in [4.69, 9.17) is 4.74 Å². The van der Waals surface area contributed by atoms with E-state index in [9.17, 15) is 9.59 Å². The molecule has 2 aromatic heterocycles. The molecule has 2 aliphatic rings. The summed E-state index contributed by atoms with van der Waals surface area (Å²) >= 11 is 1.57. The first-order valence-corrected chi connectivity index (χ1v) is 16.6. The fourth-order valence-electron chi connectivity index (χ4n) is 6.17. The summed E-state index contributed by atoms with van der Waals surface area (Å²) in [4.78, 5) is 36.7. The van der Waals surface area contributed by atoms with Gasteiger partial charge in [0.05, 0.1) is 15.6 Å². The number of nitrogens with zero attached hydrogens (tertiary/aromatic N) is 3. The number of Topliss-reactive ketones (excluding diaryl/α,β-unsaturated/α-hetero) is 2. The van der Waals surface area contributed by atoms with Crippen LogP contribution in [0.3, 0.4) is 0 Å². The Labute approximate surface area is 272 Å². The zero-order valence-electron chi connectivity index (χ0n) is 25.9. The standard InChI is InChI=1S/C38H36FN3O3S/c1-41-17-19-42(20-18-41)25-27-7-10-29(11-8-27)34-24-31-37(46-34)33(13-16-40-31)45-32-12-9-28(21-30(32)39)23-36(44)38(14-15-38)35(43)22-26-5-3-2-4-6-26/h2-13,16,21,24H,14-15,17-20,22-23,25H2,1H3. The molecule has 3 heterocycles. The summed E-state index contributed by atoms with van der Waals surface area (Å²) in [5.41, 5.74) is 3.68. The van der Waals surface area contributed by atoms with Gasteiger partial charge in [-0.15, -0.1) is 11.3 Å². The average Bonchev–Trinajstić information content (AvgIpc) is 3.77. The number of benzene rings is 3. The smallest absolute Gasteiger partial charge is 0.166 e. The van der Waals surface area contributed by atoms with Gasteiger partial charge in [-0.1, -0.05) is 60.7 Å². The molecule has 8 heteroatoms. The van der Waals surface area contributed by atoms with Crippen LogP contribution in [0.25, 0.3) is 20.7 Å². The number of ketones is 2. The van der Waals surface area contributed by atoms with Gasteiger partial charge in [-0.05, 0) is 60.3 Å². The third-order valence-corrected chi connectivity index (χ3v) is 10.4. The minimum Gasteiger partial charge on any atom is -0.453 e. The molecule has 1 aliphatic heterocycles. The van der Waals surface area contributed by atoms with Crippen LogP contribution in [-0.2, 0) is 29.0 Å². The van der Waals surface area contributed by atoms with E-state index in [0.717, 1.165) is 58.9 Å². The Morgan fingerprint density at radius 3 is 2.22 bits per heavy atom. The summed E-state index contributed by atoms with van der Waals surface area (Å²) < 4.78 is 22.2. The number of likely N-dealkylation sites (N-methyl/N-ethyl adjacent to an activating group) is 1. The summed E-state index contributed by atoms with van der Waals surface area (Å²) in [5, 5.41) is 0. The van der Waals surface area contributed by atoms with Gasteiger partial charge in [0.1, 0.15) is 5.75 Å². The minimum absolute atomic E-state index is 0.0136. The van der Waals surface area contributed by atoms with Crippen molar-refractivity contribution in [2.24, 2.45) is 5.41 Å². The second kappa shape index (κ2) is 12.9. The normalized spacial score (nSPS) is 16.4. The monoisotopic (exact) mass is 633 g/mol. The van der Waals surface area contributed by atoms with Crippen molar-refractivity contribution in [3.8, 4) is 21.9 Å². The number of aromatic nitrogens is 1. The van der Waals surface area contributed by atoms with Gasteiger partial charge < -0.3 is 9.64 Å². The molecule has 6 nitrogen and oxygen atoms in total. The fourth-order valence-corrected chi connectivity index (χ4v) is 7.25. The first kappa shape index (κ1) is 30.4. The zero-order valence-corrected chi connectivity index (χ0v) is 26.7. The van der Waals surface area contributed by atoms with Crippen LogP contribution < -0.4 is 4.74 Å². The maximum absolute atomic E-state index is 15.3. The van der Waals surface area contributed by atoms with E-state index >= 15 is 4.39 Å². The highest BCUT2D eigenvalue weighted by Gasteiger charge is 2.54. The highest BCUT2D eigenvalue weighted by Crippen LogP contribution is 2.49. The lowest BCUT2D eigenvalue weighted by Crippen LogP contribution is -2.43. The van der Waals surface area contributed by atoms with Crippen LogP contribution in [0.5, 0.6) is 11.5 Å². The second-order valence-corrected chi connectivity index (χ2v) is 13.6. The molecule has 0 unspecified atom stereocenters. The van der Waals surface area contributed by atoms with Crippen LogP contribution in [0.2, 0.25) is 0 Å². The number of ether oxygens (including phenoxy) is 1. The van der Waals surface area contributed by atoms with E-state index < -0.39 is 11.2 Å². The lowest BCUT2D eigenvalue weighted by atomic mass is 9.88. The van der Waals surface area contributed by atoms with Gasteiger partial charge in [0.15, 0.2) is 23.1 Å². The van der Waals surface area contributed by atoms with E-state index in [1.54, 1.807) is 35.7 Å². The molecule has 5 aromatic rings. The molecule has 1 aliphatic carbocycles. The number of halogens is 1. The maximum atomic E-state index is 15.3. The Hall–Kier alpha value is -4.24. The SMILES string of the molecule is CN1CCN(Cc2ccc(-c3cc4nccc(Oc5ccc(CC(=O)C6(C(=O)Cc7ccccc7)CC6)cc5F)c4s3)cc2)CC1. The number of carbonyl (C=O) groups excluding carboxylic acids is 2. The van der Waals surface area contributed by atoms with Gasteiger partial charge in [0, 0.05) is 62.7 Å². The van der Waals surface area contributed by atoms with Crippen molar-refractivity contribution in [2.45, 2.75) is 32.2 Å². The van der Waals surface area contributed by atoms with Gasteiger partial charge in [-0.2, -0.15) is 0 Å². The Morgan fingerprint density at radius 1 is 0.826 bits per heavy atom.